The summed E-state index contributed by atoms with van der Waals surface area (Å²) in [4.78, 5) is 11.9. The standard InChI is InChI=1S/C17H17Cl2NO2/c1-2-8-20-17(21)13-5-3-4-12(9-13)11-22-16-7-6-14(18)10-15(16)19/h3-7,9-10H,2,8,11H2,1H3,(H,20,21). The van der Waals surface area contributed by atoms with Crippen molar-refractivity contribution < 1.29 is 9.53 Å². The number of benzene rings is 2. The number of carbonyl (C=O) groups is 1. The molecule has 0 aliphatic rings. The van der Waals surface area contributed by atoms with Crippen molar-refractivity contribution in [3.05, 3.63) is 63.6 Å². The van der Waals surface area contributed by atoms with E-state index in [0.29, 0.717) is 34.5 Å². The van der Waals surface area contributed by atoms with Crippen LogP contribution in [-0.2, 0) is 6.61 Å². The number of halogens is 2. The lowest BCUT2D eigenvalue weighted by Gasteiger charge is -2.09. The van der Waals surface area contributed by atoms with Crippen LogP contribution in [0.4, 0.5) is 0 Å². The monoisotopic (exact) mass is 337 g/mol. The summed E-state index contributed by atoms with van der Waals surface area (Å²) in [6.45, 7) is 3.01. The average molecular weight is 338 g/mol. The van der Waals surface area contributed by atoms with E-state index in [2.05, 4.69) is 5.32 Å². The summed E-state index contributed by atoms with van der Waals surface area (Å²) in [5, 5.41) is 3.87. The molecule has 2 aromatic carbocycles. The van der Waals surface area contributed by atoms with Crippen molar-refractivity contribution in [1.29, 1.82) is 0 Å². The molecule has 0 spiro atoms. The lowest BCUT2D eigenvalue weighted by molar-refractivity contribution is 0.0953. The minimum atomic E-state index is -0.0757. The zero-order chi connectivity index (χ0) is 15.9. The summed E-state index contributed by atoms with van der Waals surface area (Å²) in [7, 11) is 0. The van der Waals surface area contributed by atoms with Gasteiger partial charge in [-0.2, -0.15) is 0 Å². The maximum atomic E-state index is 11.9. The molecule has 0 fully saturated rings. The van der Waals surface area contributed by atoms with E-state index in [-0.39, 0.29) is 5.91 Å². The number of rotatable bonds is 6. The van der Waals surface area contributed by atoms with Crippen LogP contribution in [0.5, 0.6) is 5.75 Å². The number of carbonyl (C=O) groups excluding carboxylic acids is 1. The second-order valence-electron chi connectivity index (χ2n) is 4.82. The molecule has 2 aromatic rings. The molecule has 3 nitrogen and oxygen atoms in total. The molecule has 0 radical (unpaired) electrons. The average Bonchev–Trinajstić information content (AvgIpc) is 2.52. The molecule has 1 amide bonds. The Kier molecular flexibility index (Phi) is 6.10. The summed E-state index contributed by atoms with van der Waals surface area (Å²) >= 11 is 11.9. The fourth-order valence-corrected chi connectivity index (χ4v) is 2.36. The SMILES string of the molecule is CCCNC(=O)c1cccc(COc2ccc(Cl)cc2Cl)c1. The van der Waals surface area contributed by atoms with Crippen molar-refractivity contribution >= 4 is 29.1 Å². The van der Waals surface area contributed by atoms with Crippen LogP contribution in [0.15, 0.2) is 42.5 Å². The van der Waals surface area contributed by atoms with Gasteiger partial charge in [0.2, 0.25) is 0 Å². The molecule has 5 heteroatoms. The third-order valence-corrected chi connectivity index (χ3v) is 3.54. The topological polar surface area (TPSA) is 38.3 Å². The second kappa shape index (κ2) is 8.06. The Hall–Kier alpha value is -1.71. The molecule has 2 rings (SSSR count). The van der Waals surface area contributed by atoms with E-state index < -0.39 is 0 Å². The first kappa shape index (κ1) is 16.7. The minimum absolute atomic E-state index is 0.0757. The van der Waals surface area contributed by atoms with E-state index in [9.17, 15) is 4.79 Å². The van der Waals surface area contributed by atoms with Crippen molar-refractivity contribution in [3.8, 4) is 5.75 Å². The predicted molar refractivity (Wildman–Crippen MR) is 89.9 cm³/mol. The van der Waals surface area contributed by atoms with Gasteiger partial charge in [-0.3, -0.25) is 4.79 Å². The molecular weight excluding hydrogens is 321 g/mol. The van der Waals surface area contributed by atoms with E-state index in [1.54, 1.807) is 24.3 Å². The van der Waals surface area contributed by atoms with Gasteiger partial charge in [0.05, 0.1) is 5.02 Å². The fourth-order valence-electron chi connectivity index (χ4n) is 1.90. The van der Waals surface area contributed by atoms with Gasteiger partial charge in [0, 0.05) is 17.1 Å². The Morgan fingerprint density at radius 3 is 2.73 bits per heavy atom. The van der Waals surface area contributed by atoms with Crippen LogP contribution in [0.3, 0.4) is 0 Å². The van der Waals surface area contributed by atoms with E-state index in [0.717, 1.165) is 12.0 Å². The third kappa shape index (κ3) is 4.65. The van der Waals surface area contributed by atoms with Crippen LogP contribution in [0.2, 0.25) is 10.0 Å². The molecular formula is C17H17Cl2NO2. The van der Waals surface area contributed by atoms with Gasteiger partial charge in [-0.1, -0.05) is 42.3 Å². The van der Waals surface area contributed by atoms with E-state index >= 15 is 0 Å². The zero-order valence-corrected chi connectivity index (χ0v) is 13.7. The van der Waals surface area contributed by atoms with Crippen molar-refractivity contribution in [2.45, 2.75) is 20.0 Å². The highest BCUT2D eigenvalue weighted by molar-refractivity contribution is 6.35. The fraction of sp³-hybridized carbons (Fsp3) is 0.235. The quantitative estimate of drug-likeness (QED) is 0.828. The van der Waals surface area contributed by atoms with Crippen LogP contribution < -0.4 is 10.1 Å². The molecule has 0 aliphatic heterocycles. The van der Waals surface area contributed by atoms with Gasteiger partial charge in [0.15, 0.2) is 0 Å². The van der Waals surface area contributed by atoms with Crippen molar-refractivity contribution in [1.82, 2.24) is 5.32 Å². The van der Waals surface area contributed by atoms with Crippen molar-refractivity contribution in [3.63, 3.8) is 0 Å². The summed E-state index contributed by atoms with van der Waals surface area (Å²) in [6.07, 6.45) is 0.906. The lowest BCUT2D eigenvalue weighted by atomic mass is 10.1. The van der Waals surface area contributed by atoms with Gasteiger partial charge < -0.3 is 10.1 Å². The number of amides is 1. The molecule has 0 bridgehead atoms. The van der Waals surface area contributed by atoms with E-state index in [1.807, 2.05) is 25.1 Å². The molecule has 0 aliphatic carbocycles. The van der Waals surface area contributed by atoms with Gasteiger partial charge in [-0.25, -0.2) is 0 Å². The first-order valence-electron chi connectivity index (χ1n) is 7.05. The molecule has 0 atom stereocenters. The van der Waals surface area contributed by atoms with Crippen LogP contribution in [0.1, 0.15) is 29.3 Å². The minimum Gasteiger partial charge on any atom is -0.487 e. The largest absolute Gasteiger partial charge is 0.487 e. The van der Waals surface area contributed by atoms with Gasteiger partial charge in [0.25, 0.3) is 5.91 Å². The normalized spacial score (nSPS) is 10.3. The highest BCUT2D eigenvalue weighted by Gasteiger charge is 2.07. The van der Waals surface area contributed by atoms with Crippen molar-refractivity contribution in [2.24, 2.45) is 0 Å². The smallest absolute Gasteiger partial charge is 0.251 e. The molecule has 22 heavy (non-hydrogen) atoms. The van der Waals surface area contributed by atoms with Gasteiger partial charge in [0.1, 0.15) is 12.4 Å². The summed E-state index contributed by atoms with van der Waals surface area (Å²) in [5.41, 5.74) is 1.52. The Morgan fingerprint density at radius 1 is 1.18 bits per heavy atom. The number of ether oxygens (including phenoxy) is 1. The highest BCUT2D eigenvalue weighted by atomic mass is 35.5. The number of hydrogen-bond donors (Lipinski definition) is 1. The number of hydrogen-bond acceptors (Lipinski definition) is 2. The van der Waals surface area contributed by atoms with E-state index in [1.165, 1.54) is 0 Å². The summed E-state index contributed by atoms with van der Waals surface area (Å²) < 4.78 is 5.67. The lowest BCUT2D eigenvalue weighted by Crippen LogP contribution is -2.24. The highest BCUT2D eigenvalue weighted by Crippen LogP contribution is 2.28. The third-order valence-electron chi connectivity index (χ3n) is 3.01. The molecule has 0 saturated heterocycles. The predicted octanol–water partition coefficient (Wildman–Crippen LogP) is 4.71. The maximum absolute atomic E-state index is 11.9. The molecule has 0 heterocycles. The first-order chi connectivity index (χ1) is 10.6. The molecule has 116 valence electrons. The second-order valence-corrected chi connectivity index (χ2v) is 5.66. The summed E-state index contributed by atoms with van der Waals surface area (Å²) in [5.74, 6) is 0.486. The molecule has 0 saturated carbocycles. The van der Waals surface area contributed by atoms with Gasteiger partial charge in [-0.15, -0.1) is 0 Å². The molecule has 0 aromatic heterocycles. The number of nitrogens with one attached hydrogen (secondary N) is 1. The van der Waals surface area contributed by atoms with Crippen LogP contribution in [-0.4, -0.2) is 12.5 Å². The van der Waals surface area contributed by atoms with Crippen molar-refractivity contribution in [2.75, 3.05) is 6.54 Å². The van der Waals surface area contributed by atoms with Crippen LogP contribution in [0, 0.1) is 0 Å². The van der Waals surface area contributed by atoms with Crippen LogP contribution >= 0.6 is 23.2 Å². The Morgan fingerprint density at radius 2 is 2.00 bits per heavy atom. The first-order valence-corrected chi connectivity index (χ1v) is 7.80. The maximum Gasteiger partial charge on any atom is 0.251 e. The Labute approximate surface area is 140 Å². The Balaban J connectivity index is 2.02. The van der Waals surface area contributed by atoms with E-state index in [4.69, 9.17) is 27.9 Å². The Bertz CT molecular complexity index is 659. The van der Waals surface area contributed by atoms with Crippen LogP contribution in [0.25, 0.3) is 0 Å². The molecule has 0 unspecified atom stereocenters. The zero-order valence-electron chi connectivity index (χ0n) is 12.2. The molecule has 1 N–H and O–H groups in total. The van der Waals surface area contributed by atoms with Gasteiger partial charge in [-0.05, 0) is 42.3 Å². The summed E-state index contributed by atoms with van der Waals surface area (Å²) in [6, 6.07) is 12.4. The van der Waals surface area contributed by atoms with Gasteiger partial charge >= 0.3 is 0 Å².